The van der Waals surface area contributed by atoms with Gasteiger partial charge in [-0.05, 0) is 61.4 Å². The fourth-order valence-corrected chi connectivity index (χ4v) is 2.93. The third kappa shape index (κ3) is 6.26. The van der Waals surface area contributed by atoms with E-state index in [1.165, 1.54) is 11.8 Å². The number of aryl methyl sites for hydroxylation is 2. The lowest BCUT2D eigenvalue weighted by Crippen LogP contribution is -2.21. The summed E-state index contributed by atoms with van der Waals surface area (Å²) in [5.41, 5.74) is 2.81. The number of esters is 1. The molecule has 0 aliphatic carbocycles. The van der Waals surface area contributed by atoms with Gasteiger partial charge in [0.05, 0.1) is 5.75 Å². The smallest absolute Gasteiger partial charge is 0.316 e. The Balaban J connectivity index is 1.74. The largest absolute Gasteiger partial charge is 0.455 e. The molecule has 0 saturated carbocycles. The molecule has 2 aromatic rings. The lowest BCUT2D eigenvalue weighted by atomic mass is 10.1. The van der Waals surface area contributed by atoms with Gasteiger partial charge in [-0.3, -0.25) is 9.59 Å². The number of amides is 1. The van der Waals surface area contributed by atoms with Gasteiger partial charge in [0.2, 0.25) is 0 Å². The second kappa shape index (κ2) is 8.76. The summed E-state index contributed by atoms with van der Waals surface area (Å²) in [4.78, 5) is 24.5. The van der Waals surface area contributed by atoms with E-state index in [2.05, 4.69) is 5.32 Å². The van der Waals surface area contributed by atoms with Crippen molar-refractivity contribution in [2.24, 2.45) is 0 Å². The van der Waals surface area contributed by atoms with Crippen molar-refractivity contribution in [3.63, 3.8) is 0 Å². The fraction of sp³-hybridized carbons (Fsp3) is 0.222. The number of anilines is 1. The molecule has 0 radical (unpaired) electrons. The Morgan fingerprint density at radius 3 is 2.33 bits per heavy atom. The zero-order chi connectivity index (χ0) is 17.5. The molecular formula is C18H18ClNO3S. The van der Waals surface area contributed by atoms with E-state index in [1.54, 1.807) is 12.1 Å². The van der Waals surface area contributed by atoms with Gasteiger partial charge in [0, 0.05) is 15.6 Å². The van der Waals surface area contributed by atoms with E-state index < -0.39 is 5.97 Å². The van der Waals surface area contributed by atoms with E-state index in [1.807, 2.05) is 44.2 Å². The maximum absolute atomic E-state index is 11.8. The predicted octanol–water partition coefficient (Wildman–Crippen LogP) is 4.23. The molecule has 0 spiro atoms. The van der Waals surface area contributed by atoms with E-state index in [0.29, 0.717) is 10.7 Å². The average molecular weight is 364 g/mol. The van der Waals surface area contributed by atoms with Gasteiger partial charge in [-0.2, -0.15) is 0 Å². The van der Waals surface area contributed by atoms with Gasteiger partial charge in [0.15, 0.2) is 6.61 Å². The van der Waals surface area contributed by atoms with E-state index in [4.69, 9.17) is 16.3 Å². The van der Waals surface area contributed by atoms with Crippen LogP contribution in [-0.2, 0) is 14.3 Å². The second-order valence-electron chi connectivity index (χ2n) is 5.33. The number of carbonyl (C=O) groups excluding carboxylic acids is 2. The molecule has 1 N–H and O–H groups in total. The molecule has 0 atom stereocenters. The molecular weight excluding hydrogens is 346 g/mol. The molecule has 0 fully saturated rings. The number of rotatable bonds is 6. The van der Waals surface area contributed by atoms with Crippen LogP contribution in [0, 0.1) is 13.8 Å². The Morgan fingerprint density at radius 1 is 1.08 bits per heavy atom. The second-order valence-corrected chi connectivity index (χ2v) is 6.81. The van der Waals surface area contributed by atoms with Crippen LogP contribution in [0.4, 0.5) is 5.69 Å². The molecule has 126 valence electrons. The van der Waals surface area contributed by atoms with Crippen molar-refractivity contribution >= 4 is 40.9 Å². The number of thioether (sulfide) groups is 1. The number of ether oxygens (including phenoxy) is 1. The zero-order valence-corrected chi connectivity index (χ0v) is 15.0. The number of nitrogens with one attached hydrogen (secondary N) is 1. The Bertz CT molecular complexity index is 711. The van der Waals surface area contributed by atoms with Crippen molar-refractivity contribution in [2.75, 3.05) is 17.7 Å². The first-order chi connectivity index (χ1) is 11.4. The Morgan fingerprint density at radius 2 is 1.71 bits per heavy atom. The van der Waals surface area contributed by atoms with Crippen LogP contribution in [0.5, 0.6) is 0 Å². The van der Waals surface area contributed by atoms with Gasteiger partial charge in [-0.15, -0.1) is 11.8 Å². The first-order valence-corrected chi connectivity index (χ1v) is 8.71. The van der Waals surface area contributed by atoms with E-state index in [0.717, 1.165) is 16.0 Å². The summed E-state index contributed by atoms with van der Waals surface area (Å²) in [5, 5.41) is 3.36. The molecule has 24 heavy (non-hydrogen) atoms. The Labute approximate surface area is 150 Å². The molecule has 0 heterocycles. The molecule has 0 unspecified atom stereocenters. The molecule has 0 aromatic heterocycles. The van der Waals surface area contributed by atoms with Crippen LogP contribution in [0.2, 0.25) is 5.02 Å². The van der Waals surface area contributed by atoms with Crippen molar-refractivity contribution in [3.05, 3.63) is 58.6 Å². The molecule has 0 aliphatic rings. The highest BCUT2D eigenvalue weighted by molar-refractivity contribution is 8.00. The van der Waals surface area contributed by atoms with Crippen molar-refractivity contribution in [1.82, 2.24) is 0 Å². The highest BCUT2D eigenvalue weighted by atomic mass is 35.5. The van der Waals surface area contributed by atoms with Crippen LogP contribution in [0.1, 0.15) is 11.1 Å². The van der Waals surface area contributed by atoms with Crippen LogP contribution in [0.3, 0.4) is 0 Å². The van der Waals surface area contributed by atoms with Crippen LogP contribution in [0.15, 0.2) is 47.4 Å². The highest BCUT2D eigenvalue weighted by Gasteiger charge is 2.09. The molecule has 2 aromatic carbocycles. The van der Waals surface area contributed by atoms with Gasteiger partial charge in [0.25, 0.3) is 5.91 Å². The third-order valence-electron chi connectivity index (χ3n) is 3.04. The zero-order valence-electron chi connectivity index (χ0n) is 13.5. The molecule has 2 rings (SSSR count). The third-order valence-corrected chi connectivity index (χ3v) is 4.28. The lowest BCUT2D eigenvalue weighted by Gasteiger charge is -2.08. The van der Waals surface area contributed by atoms with Gasteiger partial charge in [-0.1, -0.05) is 17.7 Å². The number of hydrogen-bond acceptors (Lipinski definition) is 4. The Kier molecular flexibility index (Phi) is 6.70. The van der Waals surface area contributed by atoms with Gasteiger partial charge in [-0.25, -0.2) is 0 Å². The minimum Gasteiger partial charge on any atom is -0.455 e. The molecule has 4 nitrogen and oxygen atoms in total. The minimum atomic E-state index is -0.439. The number of benzene rings is 2. The maximum atomic E-state index is 11.8. The monoisotopic (exact) mass is 363 g/mol. The SMILES string of the molecule is Cc1cc(C)cc(NC(=O)COC(=O)CSc2ccc(Cl)cc2)c1. The Hall–Kier alpha value is -1.98. The molecule has 0 saturated heterocycles. The predicted molar refractivity (Wildman–Crippen MR) is 97.7 cm³/mol. The summed E-state index contributed by atoms with van der Waals surface area (Å²) in [6, 6.07) is 12.9. The van der Waals surface area contributed by atoms with Gasteiger partial charge < -0.3 is 10.1 Å². The summed E-state index contributed by atoms with van der Waals surface area (Å²) in [6.45, 7) is 3.61. The first-order valence-electron chi connectivity index (χ1n) is 7.34. The standard InChI is InChI=1S/C18H18ClNO3S/c1-12-7-13(2)9-15(8-12)20-17(21)10-23-18(22)11-24-16-5-3-14(19)4-6-16/h3-9H,10-11H2,1-2H3,(H,20,21). The summed E-state index contributed by atoms with van der Waals surface area (Å²) < 4.78 is 4.98. The quantitative estimate of drug-likeness (QED) is 0.616. The van der Waals surface area contributed by atoms with Crippen molar-refractivity contribution in [2.45, 2.75) is 18.7 Å². The van der Waals surface area contributed by atoms with Crippen LogP contribution in [-0.4, -0.2) is 24.2 Å². The summed E-state index contributed by atoms with van der Waals surface area (Å²) in [7, 11) is 0. The maximum Gasteiger partial charge on any atom is 0.316 e. The van der Waals surface area contributed by atoms with Crippen molar-refractivity contribution in [3.8, 4) is 0 Å². The average Bonchev–Trinajstić information content (AvgIpc) is 2.51. The normalized spacial score (nSPS) is 10.3. The number of halogens is 1. The fourth-order valence-electron chi connectivity index (χ4n) is 2.10. The lowest BCUT2D eigenvalue weighted by molar-refractivity contribution is -0.144. The van der Waals surface area contributed by atoms with Crippen LogP contribution < -0.4 is 5.32 Å². The van der Waals surface area contributed by atoms with Crippen molar-refractivity contribution in [1.29, 1.82) is 0 Å². The van der Waals surface area contributed by atoms with Gasteiger partial charge >= 0.3 is 5.97 Å². The van der Waals surface area contributed by atoms with E-state index >= 15 is 0 Å². The van der Waals surface area contributed by atoms with Crippen molar-refractivity contribution < 1.29 is 14.3 Å². The molecule has 0 bridgehead atoms. The van der Waals surface area contributed by atoms with E-state index in [-0.39, 0.29) is 18.3 Å². The van der Waals surface area contributed by atoms with Crippen LogP contribution >= 0.6 is 23.4 Å². The molecule has 6 heteroatoms. The van der Waals surface area contributed by atoms with E-state index in [9.17, 15) is 9.59 Å². The molecule has 1 amide bonds. The topological polar surface area (TPSA) is 55.4 Å². The number of carbonyl (C=O) groups is 2. The summed E-state index contributed by atoms with van der Waals surface area (Å²) in [6.07, 6.45) is 0. The summed E-state index contributed by atoms with van der Waals surface area (Å²) >= 11 is 7.13. The summed E-state index contributed by atoms with van der Waals surface area (Å²) in [5.74, 6) is -0.659. The highest BCUT2D eigenvalue weighted by Crippen LogP contribution is 2.20. The molecule has 0 aliphatic heterocycles. The van der Waals surface area contributed by atoms with Crippen LogP contribution in [0.25, 0.3) is 0 Å². The minimum absolute atomic E-state index is 0.137. The first kappa shape index (κ1) is 18.4. The number of hydrogen-bond donors (Lipinski definition) is 1. The van der Waals surface area contributed by atoms with Gasteiger partial charge in [0.1, 0.15) is 0 Å².